The van der Waals surface area contributed by atoms with Crippen molar-refractivity contribution in [1.29, 1.82) is 0 Å². The Morgan fingerprint density at radius 2 is 1.74 bits per heavy atom. The van der Waals surface area contributed by atoms with Gasteiger partial charge in [0.25, 0.3) is 0 Å². The Morgan fingerprint density at radius 1 is 1.21 bits per heavy atom. The minimum absolute atomic E-state index is 0. The van der Waals surface area contributed by atoms with Crippen molar-refractivity contribution in [2.24, 2.45) is 0 Å². The average Bonchev–Trinajstić information content (AvgIpc) is 2.25. The van der Waals surface area contributed by atoms with Crippen molar-refractivity contribution < 1.29 is 37.9 Å². The zero-order valence-electron chi connectivity index (χ0n) is 11.3. The third-order valence-electron chi connectivity index (χ3n) is 1.85. The van der Waals surface area contributed by atoms with Gasteiger partial charge < -0.3 is 10.7 Å². The van der Waals surface area contributed by atoms with Crippen LogP contribution >= 0.6 is 12.2 Å². The fourth-order valence-electron chi connectivity index (χ4n) is 1.22. The van der Waals surface area contributed by atoms with Crippen LogP contribution in [0.15, 0.2) is 30.3 Å². The van der Waals surface area contributed by atoms with Crippen molar-refractivity contribution in [3.8, 4) is 0 Å². The average molecular weight is 353 g/mol. The first-order chi connectivity index (χ1) is 8.29. The van der Waals surface area contributed by atoms with Crippen molar-refractivity contribution in [3.63, 3.8) is 0 Å². The fraction of sp³-hybridized carbons (Fsp3) is 0.308. The van der Waals surface area contributed by atoms with E-state index in [9.17, 15) is 0 Å². The molecule has 0 saturated heterocycles. The number of nitrogens with one attached hydrogen (secondary N) is 3. The van der Waals surface area contributed by atoms with E-state index in [0.717, 1.165) is 10.9 Å². The van der Waals surface area contributed by atoms with Gasteiger partial charge in [-0.2, -0.15) is 0 Å². The Hall–Kier alpha value is -0.326. The molecule has 1 radical (unpaired) electrons. The van der Waals surface area contributed by atoms with Crippen molar-refractivity contribution in [3.05, 3.63) is 40.7 Å². The number of benzene rings is 1. The van der Waals surface area contributed by atoms with Crippen LogP contribution in [0.25, 0.3) is 16.6 Å². The van der Waals surface area contributed by atoms with Crippen molar-refractivity contribution in [2.75, 3.05) is 5.48 Å². The molecule has 0 amide bonds. The standard InChI is InChI=1S/C9H8N2OS.C4H10N.Y/c12-11-7-3-1-6-2-4-9(13)10-8(6)5-7;1-4(2,3)5;/h1-5,11-12H,(H,10,13);5H,1-3H3;/q;-1;. The van der Waals surface area contributed by atoms with Gasteiger partial charge in [0.15, 0.2) is 0 Å². The van der Waals surface area contributed by atoms with Gasteiger partial charge in [0.2, 0.25) is 0 Å². The van der Waals surface area contributed by atoms with Crippen LogP contribution in [-0.4, -0.2) is 15.7 Å². The third-order valence-corrected chi connectivity index (χ3v) is 2.09. The smallest absolute Gasteiger partial charge is 0.103 e. The molecule has 1 heterocycles. The van der Waals surface area contributed by atoms with Crippen molar-refractivity contribution >= 4 is 28.8 Å². The molecule has 0 saturated carbocycles. The van der Waals surface area contributed by atoms with Crippen LogP contribution < -0.4 is 5.48 Å². The Balaban J connectivity index is 0.000000471. The van der Waals surface area contributed by atoms with Gasteiger partial charge in [-0.25, -0.2) is 0 Å². The molecule has 1 aromatic carbocycles. The van der Waals surface area contributed by atoms with Crippen molar-refractivity contribution in [1.82, 2.24) is 4.98 Å². The van der Waals surface area contributed by atoms with E-state index in [0.29, 0.717) is 10.3 Å². The molecule has 0 aliphatic carbocycles. The largest absolute Gasteiger partial charge is 0.673 e. The van der Waals surface area contributed by atoms with Crippen LogP contribution in [0.2, 0.25) is 0 Å². The number of hydrogen-bond acceptors (Lipinski definition) is 3. The molecule has 101 valence electrons. The molecule has 0 unspecified atom stereocenters. The van der Waals surface area contributed by atoms with Crippen LogP contribution in [0.3, 0.4) is 0 Å². The molecule has 2 aromatic rings. The Bertz CT molecular complexity index is 572. The molecule has 6 heteroatoms. The predicted octanol–water partition coefficient (Wildman–Crippen LogP) is 4.53. The summed E-state index contributed by atoms with van der Waals surface area (Å²) in [6, 6.07) is 9.27. The fourth-order valence-corrected chi connectivity index (χ4v) is 1.40. The summed E-state index contributed by atoms with van der Waals surface area (Å²) in [5, 5.41) is 9.74. The summed E-state index contributed by atoms with van der Waals surface area (Å²) in [6.45, 7) is 5.56. The first-order valence-electron chi connectivity index (χ1n) is 5.58. The van der Waals surface area contributed by atoms with Crippen LogP contribution in [0.5, 0.6) is 0 Å². The molecule has 4 nitrogen and oxygen atoms in total. The Kier molecular flexibility index (Phi) is 7.93. The molecular formula is C13H18N3OSY-. The van der Waals surface area contributed by atoms with E-state index < -0.39 is 0 Å². The zero-order chi connectivity index (χ0) is 13.8. The van der Waals surface area contributed by atoms with E-state index in [1.807, 2.05) is 39.0 Å². The normalized spacial score (nSPS) is 10.2. The van der Waals surface area contributed by atoms with E-state index in [2.05, 4.69) is 10.5 Å². The van der Waals surface area contributed by atoms with Gasteiger partial charge in [0, 0.05) is 38.2 Å². The van der Waals surface area contributed by atoms with Gasteiger partial charge in [-0.15, -0.1) is 5.54 Å². The van der Waals surface area contributed by atoms with Gasteiger partial charge in [0.05, 0.1) is 5.69 Å². The van der Waals surface area contributed by atoms with E-state index in [1.54, 1.807) is 12.1 Å². The van der Waals surface area contributed by atoms with Gasteiger partial charge in [-0.05, 0) is 29.7 Å². The summed E-state index contributed by atoms with van der Waals surface area (Å²) < 4.78 is 0.683. The van der Waals surface area contributed by atoms with E-state index in [1.165, 1.54) is 0 Å². The molecule has 0 bridgehead atoms. The number of aromatic amines is 1. The molecule has 0 spiro atoms. The summed E-state index contributed by atoms with van der Waals surface area (Å²) in [5.74, 6) is 0. The van der Waals surface area contributed by atoms with Crippen LogP contribution in [-0.2, 0) is 32.7 Å². The van der Waals surface area contributed by atoms with Gasteiger partial charge in [0.1, 0.15) is 4.64 Å². The Morgan fingerprint density at radius 3 is 2.26 bits per heavy atom. The summed E-state index contributed by atoms with van der Waals surface area (Å²) in [6.07, 6.45) is 0. The molecule has 0 fully saturated rings. The van der Waals surface area contributed by atoms with E-state index >= 15 is 0 Å². The molecular weight excluding hydrogens is 335 g/mol. The second-order valence-electron chi connectivity index (χ2n) is 4.99. The second-order valence-corrected chi connectivity index (χ2v) is 5.43. The molecule has 4 N–H and O–H groups in total. The monoisotopic (exact) mass is 353 g/mol. The maximum absolute atomic E-state index is 8.68. The first kappa shape index (κ1) is 18.7. The topological polar surface area (TPSA) is 71.8 Å². The number of rotatable bonds is 1. The third kappa shape index (κ3) is 7.75. The summed E-state index contributed by atoms with van der Waals surface area (Å²) in [7, 11) is 0. The Labute approximate surface area is 143 Å². The maximum Gasteiger partial charge on any atom is 0.103 e. The number of pyridine rings is 1. The number of H-pyrrole nitrogens is 1. The number of fused-ring (bicyclic) bond motifs is 1. The molecule has 0 atom stereocenters. The molecule has 1 aromatic heterocycles. The van der Waals surface area contributed by atoms with Gasteiger partial charge in [-0.1, -0.05) is 39.1 Å². The minimum Gasteiger partial charge on any atom is -0.673 e. The van der Waals surface area contributed by atoms with Crippen LogP contribution in [0.4, 0.5) is 5.69 Å². The van der Waals surface area contributed by atoms with Crippen LogP contribution in [0.1, 0.15) is 20.8 Å². The maximum atomic E-state index is 8.68. The summed E-state index contributed by atoms with van der Waals surface area (Å²) in [5.41, 5.74) is 10.3. The number of hydrogen-bond donors (Lipinski definition) is 3. The molecule has 0 aliphatic heterocycles. The van der Waals surface area contributed by atoms with Crippen molar-refractivity contribution in [2.45, 2.75) is 26.3 Å². The summed E-state index contributed by atoms with van der Waals surface area (Å²) in [4.78, 5) is 3.03. The molecule has 2 rings (SSSR count). The van der Waals surface area contributed by atoms with Gasteiger partial charge in [-0.3, -0.25) is 10.7 Å². The molecule has 19 heavy (non-hydrogen) atoms. The summed E-state index contributed by atoms with van der Waals surface area (Å²) >= 11 is 4.98. The second kappa shape index (κ2) is 8.07. The van der Waals surface area contributed by atoms with E-state index in [-0.39, 0.29) is 38.2 Å². The predicted molar refractivity (Wildman–Crippen MR) is 78.6 cm³/mol. The quantitative estimate of drug-likeness (QED) is 0.521. The van der Waals surface area contributed by atoms with Gasteiger partial charge >= 0.3 is 0 Å². The SMILES string of the molecule is CC(C)(C)[NH-].ONc1ccc2ccc(=S)[nH]c2c1.[Y]. The van der Waals surface area contributed by atoms with E-state index in [4.69, 9.17) is 23.2 Å². The first-order valence-corrected chi connectivity index (χ1v) is 5.98. The number of anilines is 1. The number of aromatic nitrogens is 1. The minimum atomic E-state index is -0.250. The van der Waals surface area contributed by atoms with Crippen LogP contribution in [0, 0.1) is 4.64 Å². The zero-order valence-corrected chi connectivity index (χ0v) is 15.0. The molecule has 0 aliphatic rings.